The monoisotopic (exact) mass is 349 g/mol. The number of alkyl halides is 3. The standard InChI is InChI=1S/C13H10Cl3NO4/c14-13(15,16)9-20-12(19)17-21-11(18)8-4-7-10-5-2-1-3-6-10/h1-3,5-6H,8-9H2,(H,17,19). The summed E-state index contributed by atoms with van der Waals surface area (Å²) in [5.74, 6) is 4.62. The molecule has 112 valence electrons. The van der Waals surface area contributed by atoms with Gasteiger partial charge in [0.2, 0.25) is 3.79 Å². The molecule has 5 nitrogen and oxygen atoms in total. The Bertz CT molecular complexity index is 546. The molecule has 8 heteroatoms. The summed E-state index contributed by atoms with van der Waals surface area (Å²) >= 11 is 16.1. The molecule has 1 rings (SSSR count). The number of hydrogen-bond acceptors (Lipinski definition) is 4. The normalized spacial score (nSPS) is 10.0. The van der Waals surface area contributed by atoms with Gasteiger partial charge in [-0.05, 0) is 12.1 Å². The van der Waals surface area contributed by atoms with E-state index >= 15 is 0 Å². The molecule has 0 radical (unpaired) electrons. The first-order valence-electron chi connectivity index (χ1n) is 5.60. The number of amides is 1. The number of rotatable bonds is 2. The number of benzene rings is 1. The van der Waals surface area contributed by atoms with Gasteiger partial charge in [0.15, 0.2) is 0 Å². The highest BCUT2D eigenvalue weighted by Gasteiger charge is 2.22. The highest BCUT2D eigenvalue weighted by molar-refractivity contribution is 6.67. The van der Waals surface area contributed by atoms with Crippen LogP contribution in [-0.4, -0.2) is 22.5 Å². The van der Waals surface area contributed by atoms with Gasteiger partial charge in [0.05, 0.1) is 0 Å². The Morgan fingerprint density at radius 2 is 1.86 bits per heavy atom. The van der Waals surface area contributed by atoms with E-state index < -0.39 is 22.5 Å². The molecule has 0 unspecified atom stereocenters. The summed E-state index contributed by atoms with van der Waals surface area (Å²) in [6, 6.07) is 9.09. The van der Waals surface area contributed by atoms with Crippen LogP contribution in [0.4, 0.5) is 4.79 Å². The van der Waals surface area contributed by atoms with Crippen molar-refractivity contribution in [2.24, 2.45) is 0 Å². The molecule has 0 fully saturated rings. The highest BCUT2D eigenvalue weighted by Crippen LogP contribution is 2.25. The van der Waals surface area contributed by atoms with Crippen LogP contribution in [0, 0.1) is 11.8 Å². The fourth-order valence-electron chi connectivity index (χ4n) is 1.05. The lowest BCUT2D eigenvalue weighted by atomic mass is 10.2. The second kappa shape index (κ2) is 8.63. The first-order chi connectivity index (χ1) is 9.87. The number of nitrogens with one attached hydrogen (secondary N) is 1. The van der Waals surface area contributed by atoms with Gasteiger partial charge in [-0.15, -0.1) is 5.48 Å². The Balaban J connectivity index is 2.26. The molecule has 1 aromatic carbocycles. The second-order valence-electron chi connectivity index (χ2n) is 3.61. The van der Waals surface area contributed by atoms with Crippen molar-refractivity contribution in [2.45, 2.75) is 10.2 Å². The molecule has 1 N–H and O–H groups in total. The van der Waals surface area contributed by atoms with Crippen LogP contribution in [0.3, 0.4) is 0 Å². The molecule has 0 aliphatic rings. The Hall–Kier alpha value is -1.61. The molecular formula is C13H10Cl3NO4. The van der Waals surface area contributed by atoms with E-state index in [1.807, 2.05) is 18.2 Å². The van der Waals surface area contributed by atoms with Crippen molar-refractivity contribution in [2.75, 3.05) is 6.61 Å². The van der Waals surface area contributed by atoms with Crippen molar-refractivity contribution in [1.29, 1.82) is 0 Å². The summed E-state index contributed by atoms with van der Waals surface area (Å²) in [7, 11) is 0. The van der Waals surface area contributed by atoms with Gasteiger partial charge in [-0.25, -0.2) is 9.59 Å². The molecule has 21 heavy (non-hydrogen) atoms. The van der Waals surface area contributed by atoms with Crippen molar-refractivity contribution < 1.29 is 19.2 Å². The van der Waals surface area contributed by atoms with Gasteiger partial charge in [0, 0.05) is 5.56 Å². The summed E-state index contributed by atoms with van der Waals surface area (Å²) in [6.45, 7) is -0.477. The van der Waals surface area contributed by atoms with Gasteiger partial charge in [-0.3, -0.25) is 0 Å². The van der Waals surface area contributed by atoms with Crippen LogP contribution < -0.4 is 5.48 Å². The number of carbonyl (C=O) groups is 2. The summed E-state index contributed by atoms with van der Waals surface area (Å²) in [4.78, 5) is 26.7. The van der Waals surface area contributed by atoms with Crippen molar-refractivity contribution in [3.05, 3.63) is 35.9 Å². The van der Waals surface area contributed by atoms with Gasteiger partial charge in [0.25, 0.3) is 0 Å². The van der Waals surface area contributed by atoms with Crippen LogP contribution in [0.1, 0.15) is 12.0 Å². The van der Waals surface area contributed by atoms with Gasteiger partial charge >= 0.3 is 12.1 Å². The maximum Gasteiger partial charge on any atom is 0.440 e. The van der Waals surface area contributed by atoms with E-state index in [0.717, 1.165) is 5.56 Å². The van der Waals surface area contributed by atoms with Crippen LogP contribution in [0.15, 0.2) is 30.3 Å². The predicted octanol–water partition coefficient (Wildman–Crippen LogP) is 2.98. The minimum atomic E-state index is -1.73. The fraction of sp³-hybridized carbons (Fsp3) is 0.231. The van der Waals surface area contributed by atoms with Crippen LogP contribution in [-0.2, 0) is 14.4 Å². The number of hydroxylamine groups is 1. The van der Waals surface area contributed by atoms with E-state index in [-0.39, 0.29) is 6.42 Å². The van der Waals surface area contributed by atoms with Crippen LogP contribution in [0.25, 0.3) is 0 Å². The third kappa shape index (κ3) is 9.03. The predicted molar refractivity (Wildman–Crippen MR) is 78.8 cm³/mol. The molecule has 0 atom stereocenters. The van der Waals surface area contributed by atoms with Gasteiger partial charge in [0.1, 0.15) is 13.0 Å². The first-order valence-corrected chi connectivity index (χ1v) is 6.73. The first kappa shape index (κ1) is 17.4. The van der Waals surface area contributed by atoms with E-state index in [1.54, 1.807) is 17.6 Å². The van der Waals surface area contributed by atoms with E-state index in [1.165, 1.54) is 0 Å². The zero-order chi connectivity index (χ0) is 15.7. The average Bonchev–Trinajstić information content (AvgIpc) is 2.43. The quantitative estimate of drug-likeness (QED) is 0.506. The Kier molecular flexibility index (Phi) is 7.17. The number of ether oxygens (including phenoxy) is 1. The molecule has 1 aromatic rings. The average molecular weight is 351 g/mol. The summed E-state index contributed by atoms with van der Waals surface area (Å²) in [5, 5.41) is 0. The van der Waals surface area contributed by atoms with Gasteiger partial charge in [-0.1, -0.05) is 64.8 Å². The van der Waals surface area contributed by atoms with Crippen molar-refractivity contribution >= 4 is 46.9 Å². The Labute approximate surface area is 136 Å². The smallest absolute Gasteiger partial charge is 0.440 e. The third-order valence-electron chi connectivity index (χ3n) is 1.85. The molecule has 0 aromatic heterocycles. The van der Waals surface area contributed by atoms with Crippen molar-refractivity contribution in [1.82, 2.24) is 5.48 Å². The zero-order valence-corrected chi connectivity index (χ0v) is 12.8. The molecule has 1 amide bonds. The molecule has 0 aliphatic carbocycles. The van der Waals surface area contributed by atoms with Crippen LogP contribution in [0.5, 0.6) is 0 Å². The lowest BCUT2D eigenvalue weighted by Crippen LogP contribution is -2.30. The molecular weight excluding hydrogens is 341 g/mol. The van der Waals surface area contributed by atoms with E-state index in [0.29, 0.717) is 0 Å². The lowest BCUT2D eigenvalue weighted by Gasteiger charge is -2.11. The zero-order valence-electron chi connectivity index (χ0n) is 10.6. The minimum absolute atomic E-state index is 0.195. The third-order valence-corrected chi connectivity index (χ3v) is 2.18. The Morgan fingerprint density at radius 1 is 1.19 bits per heavy atom. The molecule has 0 aliphatic heterocycles. The number of halogens is 3. The van der Waals surface area contributed by atoms with Crippen LogP contribution in [0.2, 0.25) is 0 Å². The maximum atomic E-state index is 11.3. The van der Waals surface area contributed by atoms with E-state index in [2.05, 4.69) is 21.4 Å². The van der Waals surface area contributed by atoms with E-state index in [9.17, 15) is 9.59 Å². The molecule has 0 saturated heterocycles. The topological polar surface area (TPSA) is 64.6 Å². The summed E-state index contributed by atoms with van der Waals surface area (Å²) < 4.78 is 2.74. The minimum Gasteiger partial charge on any atom is -0.443 e. The molecule has 0 bridgehead atoms. The SMILES string of the molecule is O=C(CC#Cc1ccccc1)ONC(=O)OCC(Cl)(Cl)Cl. The molecule has 0 heterocycles. The lowest BCUT2D eigenvalue weighted by molar-refractivity contribution is -0.148. The summed E-state index contributed by atoms with van der Waals surface area (Å²) in [5.41, 5.74) is 2.51. The summed E-state index contributed by atoms with van der Waals surface area (Å²) in [6.07, 6.45) is -1.25. The van der Waals surface area contributed by atoms with Crippen molar-refractivity contribution in [3.63, 3.8) is 0 Å². The van der Waals surface area contributed by atoms with Crippen molar-refractivity contribution in [3.8, 4) is 11.8 Å². The highest BCUT2D eigenvalue weighted by atomic mass is 35.6. The van der Waals surface area contributed by atoms with E-state index in [4.69, 9.17) is 34.8 Å². The maximum absolute atomic E-state index is 11.3. The van der Waals surface area contributed by atoms with Gasteiger partial charge in [-0.2, -0.15) is 0 Å². The number of hydrogen-bond donors (Lipinski definition) is 1. The Morgan fingerprint density at radius 3 is 2.48 bits per heavy atom. The van der Waals surface area contributed by atoms with Gasteiger partial charge < -0.3 is 9.57 Å². The fourth-order valence-corrected chi connectivity index (χ4v) is 1.22. The largest absolute Gasteiger partial charge is 0.443 e. The number of carbonyl (C=O) groups excluding carboxylic acids is 2. The van der Waals surface area contributed by atoms with Crippen LogP contribution >= 0.6 is 34.8 Å². The molecule has 0 spiro atoms. The second-order valence-corrected chi connectivity index (χ2v) is 6.13. The molecule has 0 saturated carbocycles.